The zero-order valence-electron chi connectivity index (χ0n) is 42.6. The molecule has 0 saturated carbocycles. The molecule has 5 heteroatoms. The first-order chi connectivity index (χ1) is 29.1. The van der Waals surface area contributed by atoms with E-state index in [0.29, 0.717) is 0 Å². The number of allylic oxidation sites excluding steroid dienone is 4. The number of halogens is 3. The fourth-order valence-corrected chi connectivity index (χ4v) is 19.4. The monoisotopic (exact) mass is 970 g/mol. The molecule has 0 amide bonds. The number of hydrogen-bond acceptors (Lipinski definition) is 0. The Labute approximate surface area is 424 Å². The fraction of sp³-hybridized carbons (Fsp3) is 0.333. The molecule has 0 nitrogen and oxygen atoms in total. The van der Waals surface area contributed by atoms with E-state index in [-0.39, 0.29) is 42.3 Å². The van der Waals surface area contributed by atoms with E-state index < -0.39 is 8.07 Å². The van der Waals surface area contributed by atoms with Gasteiger partial charge in [0.2, 0.25) is 0 Å². The Balaban J connectivity index is 0.00000308. The summed E-state index contributed by atoms with van der Waals surface area (Å²) in [6.45, 7) is 44.6. The van der Waals surface area contributed by atoms with E-state index in [1.807, 2.05) is 0 Å². The van der Waals surface area contributed by atoms with Crippen LogP contribution in [0, 0.1) is 104 Å². The standard InChI is InChI=1S/C60H69Si.3ClH.Ti/c1-33-32-60(19,50(18)34(33)2)61(54-26-20-23-51(29-54)57-44(12)38(6)35(3)39(7)45(57)13,55-27-21-24-52(30-55)58-46(14)40(8)36(4)41(9)47(58)15)56-28-22-25-53(31-56)59-48(16)42(10)37(5)43(11)49(59)17;;;;/h20-31H,1-19H3;3*1H;/q;;;;+3/p-3. The molecule has 0 fully saturated rings. The maximum atomic E-state index is 2.64. The Morgan fingerprint density at radius 1 is 0.338 bits per heavy atom. The first-order valence-electron chi connectivity index (χ1n) is 22.7. The van der Waals surface area contributed by atoms with Gasteiger partial charge < -0.3 is 37.2 Å². The molecule has 0 heterocycles. The van der Waals surface area contributed by atoms with Crippen LogP contribution in [0.2, 0.25) is 5.04 Å². The summed E-state index contributed by atoms with van der Waals surface area (Å²) < 4.78 is 1.50. The van der Waals surface area contributed by atoms with Gasteiger partial charge in [-0.3, -0.25) is 0 Å². The van der Waals surface area contributed by atoms with Crippen molar-refractivity contribution in [1.82, 2.24) is 0 Å². The summed E-state index contributed by atoms with van der Waals surface area (Å²) in [5.74, 6) is 0. The average molecular weight is 973 g/mol. The van der Waals surface area contributed by atoms with Gasteiger partial charge in [-0.25, -0.2) is 0 Å². The van der Waals surface area contributed by atoms with Crippen LogP contribution in [0.15, 0.2) is 93.4 Å². The van der Waals surface area contributed by atoms with Gasteiger partial charge in [-0.2, -0.15) is 0 Å². The molecule has 0 spiro atoms. The molecule has 0 N–H and O–H groups in total. The maximum absolute atomic E-state index is 3.15. The molecular formula is C60H69Cl3SiTi. The van der Waals surface area contributed by atoms with E-state index >= 15 is 0 Å². The van der Waals surface area contributed by atoms with Crippen molar-refractivity contribution < 1.29 is 57.7 Å². The molecule has 0 radical (unpaired) electrons. The Morgan fingerprint density at radius 2 is 0.569 bits per heavy atom. The van der Waals surface area contributed by atoms with E-state index in [4.69, 9.17) is 0 Å². The minimum atomic E-state index is -3.15. The molecule has 65 heavy (non-hydrogen) atoms. The van der Waals surface area contributed by atoms with Crippen LogP contribution in [0.3, 0.4) is 0 Å². The average Bonchev–Trinajstić information content (AvgIpc) is 3.41. The zero-order valence-corrected chi connectivity index (χ0v) is 47.4. The minimum absolute atomic E-state index is 0. The van der Waals surface area contributed by atoms with E-state index in [0.717, 1.165) is 0 Å². The van der Waals surface area contributed by atoms with E-state index in [1.165, 1.54) is 153 Å². The molecule has 0 saturated heterocycles. The molecule has 6 aromatic rings. The summed E-state index contributed by atoms with van der Waals surface area (Å²) in [4.78, 5) is 0. The van der Waals surface area contributed by atoms with Gasteiger partial charge >= 0.3 is 391 Å². The van der Waals surface area contributed by atoms with Crippen LogP contribution in [0.25, 0.3) is 33.4 Å². The van der Waals surface area contributed by atoms with Gasteiger partial charge in [0.25, 0.3) is 0 Å². The van der Waals surface area contributed by atoms with Crippen LogP contribution < -0.4 is 52.8 Å². The van der Waals surface area contributed by atoms with Crippen LogP contribution in [-0.2, 0) is 20.4 Å². The molecular weight excluding hydrogens is 903 g/mol. The molecule has 338 valence electrons. The van der Waals surface area contributed by atoms with Crippen molar-refractivity contribution in [2.24, 2.45) is 0 Å². The zero-order chi connectivity index (χ0) is 45.7. The van der Waals surface area contributed by atoms with Gasteiger partial charge in [-0.1, -0.05) is 0 Å². The molecule has 1 atom stereocenters. The van der Waals surface area contributed by atoms with Crippen LogP contribution >= 0.6 is 0 Å². The van der Waals surface area contributed by atoms with E-state index in [2.05, 4.69) is 225 Å². The molecule has 6 aromatic carbocycles. The quantitative estimate of drug-likeness (QED) is 0.142. The SMILES string of the molecule is CC1=C(C)C(C)([Si](c2cccc(-c3c(C)c(C)c(C)c(C)c3C)c2)(c2cccc(-c3c(C)c(C)c(C)c(C)c3C)c2)c2cccc(-c3c(C)c(C)c(C)c(C)c3C)c2)[C]([Ti+3])=C1C.[Cl-].[Cl-].[Cl-]. The summed E-state index contributed by atoms with van der Waals surface area (Å²) in [5, 5.41) is 4.10. The summed E-state index contributed by atoms with van der Waals surface area (Å²) in [5.41, 5.74) is 33.4. The first kappa shape index (κ1) is 54.2. The summed E-state index contributed by atoms with van der Waals surface area (Å²) in [7, 11) is -3.15. The number of hydrogen-bond donors (Lipinski definition) is 0. The third-order valence-electron chi connectivity index (χ3n) is 17.3. The number of benzene rings is 6. The Morgan fingerprint density at radius 3 is 0.785 bits per heavy atom. The van der Waals surface area contributed by atoms with Crippen LogP contribution in [0.1, 0.15) is 111 Å². The fourth-order valence-electron chi connectivity index (χ4n) is 11.8. The molecule has 1 aliphatic carbocycles. The van der Waals surface area contributed by atoms with Crippen molar-refractivity contribution in [2.75, 3.05) is 0 Å². The van der Waals surface area contributed by atoms with Crippen LogP contribution in [0.4, 0.5) is 0 Å². The van der Waals surface area contributed by atoms with Gasteiger partial charge in [-0.15, -0.1) is 0 Å². The van der Waals surface area contributed by atoms with Crippen molar-refractivity contribution >= 4 is 23.6 Å². The first-order valence-corrected chi connectivity index (χ1v) is 25.5. The molecule has 0 bridgehead atoms. The van der Waals surface area contributed by atoms with Gasteiger partial charge in [-0.05, 0) is 0 Å². The van der Waals surface area contributed by atoms with E-state index in [9.17, 15) is 0 Å². The van der Waals surface area contributed by atoms with Crippen molar-refractivity contribution in [3.63, 3.8) is 0 Å². The maximum Gasteiger partial charge on any atom is -1.00 e. The molecule has 1 aliphatic rings. The van der Waals surface area contributed by atoms with Crippen molar-refractivity contribution in [3.05, 3.63) is 177 Å². The Hall–Kier alpha value is -3.40. The van der Waals surface area contributed by atoms with Crippen molar-refractivity contribution in [2.45, 2.75) is 137 Å². The second kappa shape index (κ2) is 19.7. The normalized spacial score (nSPS) is 15.0. The van der Waals surface area contributed by atoms with Gasteiger partial charge in [0.15, 0.2) is 0 Å². The minimum Gasteiger partial charge on any atom is -1.00 e. The summed E-state index contributed by atoms with van der Waals surface area (Å²) in [6, 6.07) is 29.7. The topological polar surface area (TPSA) is 0 Å². The van der Waals surface area contributed by atoms with Gasteiger partial charge in [0.1, 0.15) is 0 Å². The summed E-state index contributed by atoms with van der Waals surface area (Å²) >= 11 is 2.46. The van der Waals surface area contributed by atoms with Gasteiger partial charge in [0.05, 0.1) is 0 Å². The van der Waals surface area contributed by atoms with Crippen LogP contribution in [-0.4, -0.2) is 8.07 Å². The largest absolute Gasteiger partial charge is 1.00 e. The molecule has 1 unspecified atom stereocenters. The predicted molar refractivity (Wildman–Crippen MR) is 271 cm³/mol. The smallest absolute Gasteiger partial charge is 1.00 e. The molecule has 7 rings (SSSR count). The van der Waals surface area contributed by atoms with Crippen molar-refractivity contribution in [3.8, 4) is 33.4 Å². The summed E-state index contributed by atoms with van der Waals surface area (Å²) in [6.07, 6.45) is 0. The second-order valence-electron chi connectivity index (χ2n) is 19.4. The third kappa shape index (κ3) is 7.97. The predicted octanol–water partition coefficient (Wildman–Crippen LogP) is 5.73. The Bertz CT molecular complexity index is 2580. The Kier molecular flexibility index (Phi) is 16.4. The van der Waals surface area contributed by atoms with E-state index in [1.54, 1.807) is 0 Å². The van der Waals surface area contributed by atoms with Crippen LogP contribution in [0.5, 0.6) is 0 Å². The molecule has 0 aromatic heterocycles. The van der Waals surface area contributed by atoms with Crippen molar-refractivity contribution in [1.29, 1.82) is 0 Å². The number of rotatable bonds is 7. The second-order valence-corrected chi connectivity index (χ2v) is 24.4. The molecule has 0 aliphatic heterocycles. The third-order valence-corrected chi connectivity index (χ3v) is 24.7. The van der Waals surface area contributed by atoms with Gasteiger partial charge in [0, 0.05) is 0 Å².